The first-order valence-corrected chi connectivity index (χ1v) is 10.0. The Morgan fingerprint density at radius 1 is 1.25 bits per heavy atom. The van der Waals surface area contributed by atoms with E-state index in [0.29, 0.717) is 46.7 Å². The van der Waals surface area contributed by atoms with Gasteiger partial charge in [0.05, 0.1) is 35.5 Å². The van der Waals surface area contributed by atoms with Gasteiger partial charge >= 0.3 is 0 Å². The first-order valence-electron chi connectivity index (χ1n) is 9.65. The number of nitrogens with two attached hydrogens (primary N) is 1. The van der Waals surface area contributed by atoms with E-state index in [2.05, 4.69) is 10.2 Å². The zero-order valence-electron chi connectivity index (χ0n) is 16.4. The summed E-state index contributed by atoms with van der Waals surface area (Å²) in [6, 6.07) is 3.39. The monoisotopic (exact) mass is 409 g/mol. The van der Waals surface area contributed by atoms with Crippen molar-refractivity contribution in [3.8, 4) is 5.75 Å². The minimum absolute atomic E-state index is 0.111. The molecule has 2 atom stereocenters. The van der Waals surface area contributed by atoms with E-state index in [0.717, 1.165) is 32.4 Å². The van der Waals surface area contributed by atoms with E-state index in [1.165, 1.54) is 13.2 Å². The molecule has 1 heterocycles. The lowest BCUT2D eigenvalue weighted by molar-refractivity contribution is -0.121. The number of anilines is 1. The number of halogens is 1. The van der Waals surface area contributed by atoms with E-state index >= 15 is 0 Å². The number of benzene rings is 1. The van der Waals surface area contributed by atoms with Gasteiger partial charge in [-0.1, -0.05) is 11.6 Å². The summed E-state index contributed by atoms with van der Waals surface area (Å²) in [4.78, 5) is 26.7. The molecule has 0 aromatic heterocycles. The highest BCUT2D eigenvalue weighted by Gasteiger charge is 2.35. The van der Waals surface area contributed by atoms with Crippen LogP contribution in [-0.4, -0.2) is 62.1 Å². The van der Waals surface area contributed by atoms with Crippen LogP contribution in [0.2, 0.25) is 5.02 Å². The standard InChI is InChI=1S/C20H28ClN3O4/c1-27-18-10-16(22)15(21)9-14(18)20(26)23-17-7-8-24(11-19(17)28-2)12-3-5-13(25)6-4-12/h9-10,12,17,19H,3-8,11,22H2,1-2H3,(H,23,26)/t17-,19+/m1/s1. The molecule has 1 amide bonds. The van der Waals surface area contributed by atoms with Gasteiger partial charge in [-0.05, 0) is 25.3 Å². The Balaban J connectivity index is 1.65. The molecule has 2 aliphatic rings. The predicted molar refractivity (Wildman–Crippen MR) is 108 cm³/mol. The van der Waals surface area contributed by atoms with Crippen LogP contribution >= 0.6 is 11.6 Å². The summed E-state index contributed by atoms with van der Waals surface area (Å²) in [6.07, 6.45) is 3.80. The number of hydrogen-bond donors (Lipinski definition) is 2. The van der Waals surface area contributed by atoms with Gasteiger partial charge in [-0.3, -0.25) is 14.5 Å². The molecule has 2 fully saturated rings. The van der Waals surface area contributed by atoms with Crippen molar-refractivity contribution in [1.82, 2.24) is 10.2 Å². The Morgan fingerprint density at radius 3 is 2.61 bits per heavy atom. The van der Waals surface area contributed by atoms with Crippen molar-refractivity contribution < 1.29 is 19.1 Å². The first-order chi connectivity index (χ1) is 13.4. The number of amides is 1. The number of methoxy groups -OCH3 is 2. The third-order valence-corrected chi connectivity index (χ3v) is 6.13. The number of nitrogen functional groups attached to an aromatic ring is 1. The van der Waals surface area contributed by atoms with Crippen LogP contribution < -0.4 is 15.8 Å². The molecule has 1 saturated heterocycles. The van der Waals surface area contributed by atoms with E-state index in [4.69, 9.17) is 26.8 Å². The van der Waals surface area contributed by atoms with Crippen molar-refractivity contribution in [2.75, 3.05) is 33.0 Å². The number of ketones is 1. The number of piperidine rings is 1. The molecule has 0 unspecified atom stereocenters. The van der Waals surface area contributed by atoms with Gasteiger partial charge in [0, 0.05) is 45.1 Å². The van der Waals surface area contributed by atoms with Crippen LogP contribution in [0.3, 0.4) is 0 Å². The largest absolute Gasteiger partial charge is 0.496 e. The van der Waals surface area contributed by atoms with Gasteiger partial charge in [0.1, 0.15) is 11.5 Å². The van der Waals surface area contributed by atoms with E-state index in [9.17, 15) is 9.59 Å². The molecular weight excluding hydrogens is 382 g/mol. The molecule has 0 spiro atoms. The van der Waals surface area contributed by atoms with Crippen LogP contribution in [0.5, 0.6) is 5.75 Å². The molecule has 8 heteroatoms. The second kappa shape index (κ2) is 9.11. The number of nitrogens with one attached hydrogen (secondary N) is 1. The number of rotatable bonds is 5. The third kappa shape index (κ3) is 4.59. The molecule has 0 bridgehead atoms. The average Bonchev–Trinajstić information content (AvgIpc) is 2.70. The van der Waals surface area contributed by atoms with Crippen molar-refractivity contribution in [1.29, 1.82) is 0 Å². The van der Waals surface area contributed by atoms with Gasteiger partial charge in [0.2, 0.25) is 0 Å². The molecule has 3 rings (SSSR count). The summed E-state index contributed by atoms with van der Waals surface area (Å²) in [5.41, 5.74) is 6.51. The minimum atomic E-state index is -0.262. The lowest BCUT2D eigenvalue weighted by atomic mass is 9.90. The molecule has 1 aromatic carbocycles. The Morgan fingerprint density at radius 2 is 1.96 bits per heavy atom. The zero-order chi connectivity index (χ0) is 20.3. The van der Waals surface area contributed by atoms with E-state index < -0.39 is 0 Å². The summed E-state index contributed by atoms with van der Waals surface area (Å²) in [5, 5.41) is 3.38. The first kappa shape index (κ1) is 20.9. The third-order valence-electron chi connectivity index (χ3n) is 5.80. The molecule has 1 aliphatic carbocycles. The quantitative estimate of drug-likeness (QED) is 0.724. The Kier molecular flexibility index (Phi) is 6.80. The molecule has 1 aliphatic heterocycles. The number of ether oxygens (including phenoxy) is 2. The van der Waals surface area contributed by atoms with E-state index in [1.54, 1.807) is 13.2 Å². The number of Topliss-reactive ketones (excluding diaryl/α,β-unsaturated/α-hetero) is 1. The second-order valence-corrected chi connectivity index (χ2v) is 7.89. The van der Waals surface area contributed by atoms with Crippen molar-refractivity contribution in [3.05, 3.63) is 22.7 Å². The summed E-state index contributed by atoms with van der Waals surface area (Å²) >= 11 is 6.09. The minimum Gasteiger partial charge on any atom is -0.496 e. The Hall–Kier alpha value is -1.83. The smallest absolute Gasteiger partial charge is 0.255 e. The Bertz CT molecular complexity index is 732. The van der Waals surface area contributed by atoms with Gasteiger partial charge in [-0.15, -0.1) is 0 Å². The number of carbonyl (C=O) groups is 2. The van der Waals surface area contributed by atoms with Gasteiger partial charge < -0.3 is 20.5 Å². The average molecular weight is 410 g/mol. The fourth-order valence-corrected chi connectivity index (χ4v) is 4.29. The number of carbonyl (C=O) groups excluding carboxylic acids is 2. The van der Waals surface area contributed by atoms with Gasteiger partial charge in [-0.2, -0.15) is 0 Å². The van der Waals surface area contributed by atoms with Crippen LogP contribution in [0, 0.1) is 0 Å². The molecule has 7 nitrogen and oxygen atoms in total. The predicted octanol–water partition coefficient (Wildman–Crippen LogP) is 2.26. The lowest BCUT2D eigenvalue weighted by Gasteiger charge is -2.42. The summed E-state index contributed by atoms with van der Waals surface area (Å²) in [5.74, 6) is 0.484. The molecule has 3 N–H and O–H groups in total. The molecule has 28 heavy (non-hydrogen) atoms. The van der Waals surface area contributed by atoms with Crippen LogP contribution in [0.1, 0.15) is 42.5 Å². The summed E-state index contributed by atoms with van der Waals surface area (Å²) < 4.78 is 11.0. The number of nitrogens with zero attached hydrogens (tertiary/aromatic N) is 1. The summed E-state index contributed by atoms with van der Waals surface area (Å²) in [6.45, 7) is 1.60. The molecule has 154 valence electrons. The number of likely N-dealkylation sites (tertiary alicyclic amines) is 1. The van der Waals surface area contributed by atoms with Crippen molar-refractivity contribution in [2.24, 2.45) is 0 Å². The summed E-state index contributed by atoms with van der Waals surface area (Å²) in [7, 11) is 3.16. The van der Waals surface area contributed by atoms with Crippen LogP contribution in [-0.2, 0) is 9.53 Å². The maximum atomic E-state index is 12.8. The molecular formula is C20H28ClN3O4. The van der Waals surface area contributed by atoms with E-state index in [1.807, 2.05) is 0 Å². The van der Waals surface area contributed by atoms with E-state index in [-0.39, 0.29) is 18.1 Å². The van der Waals surface area contributed by atoms with Crippen LogP contribution in [0.15, 0.2) is 12.1 Å². The topological polar surface area (TPSA) is 93.9 Å². The highest BCUT2D eigenvalue weighted by atomic mass is 35.5. The molecule has 1 saturated carbocycles. The SMILES string of the molecule is COc1cc(N)c(Cl)cc1C(=O)N[C@@H]1CCN(C2CCC(=O)CC2)C[C@@H]1OC. The van der Waals surface area contributed by atoms with Crippen molar-refractivity contribution in [3.63, 3.8) is 0 Å². The fourth-order valence-electron chi connectivity index (χ4n) is 4.13. The Labute approximate surface area is 170 Å². The fraction of sp³-hybridized carbons (Fsp3) is 0.600. The van der Waals surface area contributed by atoms with Crippen LogP contribution in [0.25, 0.3) is 0 Å². The highest BCUT2D eigenvalue weighted by Crippen LogP contribution is 2.30. The lowest BCUT2D eigenvalue weighted by Crippen LogP contribution is -2.57. The van der Waals surface area contributed by atoms with Gasteiger partial charge in [-0.25, -0.2) is 0 Å². The van der Waals surface area contributed by atoms with Crippen LogP contribution in [0.4, 0.5) is 5.69 Å². The van der Waals surface area contributed by atoms with Gasteiger partial charge in [0.25, 0.3) is 5.91 Å². The maximum Gasteiger partial charge on any atom is 0.255 e. The zero-order valence-corrected chi connectivity index (χ0v) is 17.1. The van der Waals surface area contributed by atoms with Crippen molar-refractivity contribution in [2.45, 2.75) is 50.3 Å². The van der Waals surface area contributed by atoms with Crippen molar-refractivity contribution >= 4 is 29.0 Å². The normalized spacial score (nSPS) is 24.2. The second-order valence-electron chi connectivity index (χ2n) is 7.48. The highest BCUT2D eigenvalue weighted by molar-refractivity contribution is 6.33. The van der Waals surface area contributed by atoms with Gasteiger partial charge in [0.15, 0.2) is 0 Å². The molecule has 0 radical (unpaired) electrons. The number of hydrogen-bond acceptors (Lipinski definition) is 6. The maximum absolute atomic E-state index is 12.8. The molecule has 1 aromatic rings.